The van der Waals surface area contributed by atoms with Crippen molar-refractivity contribution in [3.05, 3.63) is 91.2 Å². The van der Waals surface area contributed by atoms with Crippen molar-refractivity contribution in [1.29, 1.82) is 5.26 Å². The third-order valence-electron chi connectivity index (χ3n) is 5.56. The van der Waals surface area contributed by atoms with E-state index in [2.05, 4.69) is 11.4 Å². The molecule has 1 aliphatic carbocycles. The Labute approximate surface area is 184 Å². The van der Waals surface area contributed by atoms with Crippen molar-refractivity contribution in [1.82, 2.24) is 5.32 Å². The van der Waals surface area contributed by atoms with Crippen LogP contribution in [0.5, 0.6) is 0 Å². The Kier molecular flexibility index (Phi) is 5.44. The number of carbonyl (C=O) groups is 1. The molecule has 0 bridgehead atoms. The lowest BCUT2D eigenvalue weighted by atomic mass is 9.72. The highest BCUT2D eigenvalue weighted by Gasteiger charge is 2.39. The van der Waals surface area contributed by atoms with E-state index < -0.39 is 5.92 Å². The number of nitrogens with zero attached hydrogens (tertiary/aromatic N) is 1. The van der Waals surface area contributed by atoms with E-state index in [-0.39, 0.29) is 11.7 Å². The monoisotopic (exact) mass is 442 g/mol. The van der Waals surface area contributed by atoms with Gasteiger partial charge in [-0.3, -0.25) is 4.79 Å². The molecule has 1 heterocycles. The first-order valence-electron chi connectivity index (χ1n) is 9.23. The SMILES string of the molecule is CC1=C(C#N)[C@@H](c2ccc(Cl)cc2Cl)C2=C(C[C@@H](c3ccc(Cl)cc3)CC2=O)N1. The molecule has 0 amide bonds. The van der Waals surface area contributed by atoms with Gasteiger partial charge >= 0.3 is 0 Å². The van der Waals surface area contributed by atoms with Gasteiger partial charge < -0.3 is 5.32 Å². The summed E-state index contributed by atoms with van der Waals surface area (Å²) in [5.74, 6) is -0.404. The topological polar surface area (TPSA) is 52.9 Å². The highest BCUT2D eigenvalue weighted by molar-refractivity contribution is 6.35. The molecular weight excluding hydrogens is 427 g/mol. The van der Waals surface area contributed by atoms with Crippen LogP contribution in [0.25, 0.3) is 0 Å². The standard InChI is InChI=1S/C23H17Cl3N2O/c1-12-18(11-27)22(17-7-6-16(25)10-19(17)26)23-20(28-12)8-14(9-21(23)29)13-2-4-15(24)5-3-13/h2-7,10,14,22,28H,8-9H2,1H3/t14-,22-/m1/s1. The zero-order valence-corrected chi connectivity index (χ0v) is 17.9. The second kappa shape index (κ2) is 7.88. The number of nitrogens with one attached hydrogen (secondary N) is 1. The largest absolute Gasteiger partial charge is 0.361 e. The number of benzene rings is 2. The molecule has 0 unspecified atom stereocenters. The predicted octanol–water partition coefficient (Wildman–Crippen LogP) is 6.53. The molecule has 0 aromatic heterocycles. The molecule has 1 N–H and O–H groups in total. The van der Waals surface area contributed by atoms with Crippen molar-refractivity contribution < 1.29 is 4.79 Å². The van der Waals surface area contributed by atoms with Crippen LogP contribution < -0.4 is 5.32 Å². The Bertz CT molecular complexity index is 1110. The zero-order chi connectivity index (χ0) is 20.7. The Morgan fingerprint density at radius 3 is 2.38 bits per heavy atom. The van der Waals surface area contributed by atoms with Gasteiger partial charge in [-0.1, -0.05) is 53.0 Å². The molecule has 0 spiro atoms. The van der Waals surface area contributed by atoms with Crippen molar-refractivity contribution in [2.24, 2.45) is 0 Å². The summed E-state index contributed by atoms with van der Waals surface area (Å²) in [5.41, 5.74) is 4.53. The smallest absolute Gasteiger partial charge is 0.162 e. The Morgan fingerprint density at radius 2 is 1.72 bits per heavy atom. The van der Waals surface area contributed by atoms with Crippen molar-refractivity contribution in [2.45, 2.75) is 31.6 Å². The fourth-order valence-corrected chi connectivity index (χ4v) is 4.85. The zero-order valence-electron chi connectivity index (χ0n) is 15.6. The van der Waals surface area contributed by atoms with E-state index in [9.17, 15) is 10.1 Å². The van der Waals surface area contributed by atoms with Crippen molar-refractivity contribution in [2.75, 3.05) is 0 Å². The quantitative estimate of drug-likeness (QED) is 0.574. The third kappa shape index (κ3) is 3.69. The van der Waals surface area contributed by atoms with E-state index in [1.54, 1.807) is 18.2 Å². The number of rotatable bonds is 2. The van der Waals surface area contributed by atoms with Crippen LogP contribution in [-0.2, 0) is 4.79 Å². The molecule has 6 heteroatoms. The van der Waals surface area contributed by atoms with Crippen LogP contribution in [0.15, 0.2) is 65.0 Å². The Hall–Kier alpha value is -2.25. The van der Waals surface area contributed by atoms with Crippen molar-refractivity contribution >= 4 is 40.6 Å². The lowest BCUT2D eigenvalue weighted by Gasteiger charge is -2.36. The Balaban J connectivity index is 1.80. The van der Waals surface area contributed by atoms with Gasteiger partial charge in [0, 0.05) is 38.5 Å². The second-order valence-electron chi connectivity index (χ2n) is 7.35. The maximum atomic E-state index is 13.3. The molecule has 3 nitrogen and oxygen atoms in total. The minimum atomic E-state index is -0.486. The van der Waals surface area contributed by atoms with Gasteiger partial charge in [0.25, 0.3) is 0 Å². The second-order valence-corrected chi connectivity index (χ2v) is 8.63. The average molecular weight is 444 g/mol. The maximum absolute atomic E-state index is 13.3. The molecule has 0 radical (unpaired) electrons. The van der Waals surface area contributed by atoms with Gasteiger partial charge in [0.15, 0.2) is 5.78 Å². The van der Waals surface area contributed by atoms with Crippen LogP contribution >= 0.6 is 34.8 Å². The summed E-state index contributed by atoms with van der Waals surface area (Å²) in [5, 5.41) is 14.7. The summed E-state index contributed by atoms with van der Waals surface area (Å²) in [4.78, 5) is 13.3. The third-order valence-corrected chi connectivity index (χ3v) is 6.38. The normalized spacial score (nSPS) is 21.6. The Morgan fingerprint density at radius 1 is 1.03 bits per heavy atom. The number of dihydropyridines is 1. The molecule has 4 rings (SSSR count). The summed E-state index contributed by atoms with van der Waals surface area (Å²) in [6.45, 7) is 1.86. The van der Waals surface area contributed by atoms with Crippen LogP contribution in [0.4, 0.5) is 0 Å². The number of allylic oxidation sites excluding steroid dienone is 4. The summed E-state index contributed by atoms with van der Waals surface area (Å²) in [6.07, 6.45) is 1.06. The fraction of sp³-hybridized carbons (Fsp3) is 0.217. The van der Waals surface area contributed by atoms with Crippen LogP contribution in [0.1, 0.15) is 42.7 Å². The van der Waals surface area contributed by atoms with Gasteiger partial charge in [-0.05, 0) is 54.7 Å². The van der Waals surface area contributed by atoms with Gasteiger partial charge in [-0.15, -0.1) is 0 Å². The number of ketones is 1. The molecule has 2 aromatic rings. The van der Waals surface area contributed by atoms with Crippen LogP contribution in [0.2, 0.25) is 15.1 Å². The lowest BCUT2D eigenvalue weighted by molar-refractivity contribution is -0.116. The number of halogens is 3. The van der Waals surface area contributed by atoms with E-state index in [0.29, 0.717) is 39.1 Å². The molecular formula is C23H17Cl3N2O. The number of hydrogen-bond donors (Lipinski definition) is 1. The molecule has 0 fully saturated rings. The van der Waals surface area contributed by atoms with E-state index in [0.717, 1.165) is 22.5 Å². The van der Waals surface area contributed by atoms with Crippen molar-refractivity contribution in [3.63, 3.8) is 0 Å². The van der Waals surface area contributed by atoms with Gasteiger partial charge in [-0.2, -0.15) is 5.26 Å². The maximum Gasteiger partial charge on any atom is 0.162 e. The molecule has 0 saturated heterocycles. The first-order valence-corrected chi connectivity index (χ1v) is 10.4. The number of Topliss-reactive ketones (excluding diaryl/α,β-unsaturated/α-hetero) is 1. The molecule has 2 atom stereocenters. The molecule has 1 aliphatic heterocycles. The number of nitriles is 1. The van der Waals surface area contributed by atoms with Crippen molar-refractivity contribution in [3.8, 4) is 6.07 Å². The predicted molar refractivity (Wildman–Crippen MR) is 116 cm³/mol. The molecule has 146 valence electrons. The summed E-state index contributed by atoms with van der Waals surface area (Å²) < 4.78 is 0. The minimum absolute atomic E-state index is 0.0231. The van der Waals surface area contributed by atoms with Crippen LogP contribution in [-0.4, -0.2) is 5.78 Å². The summed E-state index contributed by atoms with van der Waals surface area (Å²) in [6, 6.07) is 15.1. The summed E-state index contributed by atoms with van der Waals surface area (Å²) in [7, 11) is 0. The molecule has 2 aliphatic rings. The first kappa shape index (κ1) is 20.0. The number of hydrogen-bond acceptors (Lipinski definition) is 3. The molecule has 2 aromatic carbocycles. The highest BCUT2D eigenvalue weighted by Crippen LogP contribution is 2.46. The summed E-state index contributed by atoms with van der Waals surface area (Å²) >= 11 is 18.5. The average Bonchev–Trinajstić information content (AvgIpc) is 2.67. The number of carbonyl (C=O) groups excluding carboxylic acids is 1. The molecule has 0 saturated carbocycles. The fourth-order valence-electron chi connectivity index (χ4n) is 4.20. The first-order chi connectivity index (χ1) is 13.9. The molecule has 29 heavy (non-hydrogen) atoms. The van der Waals surface area contributed by atoms with Gasteiger partial charge in [0.2, 0.25) is 0 Å². The minimum Gasteiger partial charge on any atom is -0.361 e. The lowest BCUT2D eigenvalue weighted by Crippen LogP contribution is -2.33. The highest BCUT2D eigenvalue weighted by atomic mass is 35.5. The van der Waals surface area contributed by atoms with Gasteiger partial charge in [0.05, 0.1) is 17.6 Å². The van der Waals surface area contributed by atoms with E-state index in [1.807, 2.05) is 31.2 Å². The van der Waals surface area contributed by atoms with Crippen LogP contribution in [0, 0.1) is 11.3 Å². The van der Waals surface area contributed by atoms with Gasteiger partial charge in [0.1, 0.15) is 0 Å². The van der Waals surface area contributed by atoms with E-state index >= 15 is 0 Å². The van der Waals surface area contributed by atoms with Crippen LogP contribution in [0.3, 0.4) is 0 Å². The van der Waals surface area contributed by atoms with E-state index in [4.69, 9.17) is 34.8 Å². The van der Waals surface area contributed by atoms with E-state index in [1.165, 1.54) is 0 Å². The van der Waals surface area contributed by atoms with Gasteiger partial charge in [-0.25, -0.2) is 0 Å².